The monoisotopic (exact) mass is 279 g/mol. The lowest BCUT2D eigenvalue weighted by molar-refractivity contribution is -0.884. The molecule has 0 unspecified atom stereocenters. The van der Waals surface area contributed by atoms with Crippen molar-refractivity contribution in [2.45, 2.75) is 6.42 Å². The van der Waals surface area contributed by atoms with Crippen LogP contribution in [0.25, 0.3) is 0 Å². The van der Waals surface area contributed by atoms with E-state index in [1.165, 1.54) is 18.7 Å². The summed E-state index contributed by atoms with van der Waals surface area (Å²) < 4.78 is 0. The SMILES string of the molecule is C[NH+]1CCN(NC(=S)NCCc2ccccc2)CC1. The van der Waals surface area contributed by atoms with E-state index < -0.39 is 0 Å². The highest BCUT2D eigenvalue weighted by molar-refractivity contribution is 7.80. The Morgan fingerprint density at radius 2 is 1.95 bits per heavy atom. The number of nitrogens with zero attached hydrogens (tertiary/aromatic N) is 1. The van der Waals surface area contributed by atoms with Crippen LogP contribution in [-0.2, 0) is 6.42 Å². The number of thiocarbonyl (C=S) groups is 1. The van der Waals surface area contributed by atoms with Crippen molar-refractivity contribution >= 4 is 17.3 Å². The van der Waals surface area contributed by atoms with E-state index in [1.54, 1.807) is 4.90 Å². The van der Waals surface area contributed by atoms with Crippen molar-refractivity contribution in [2.24, 2.45) is 0 Å². The van der Waals surface area contributed by atoms with Crippen LogP contribution in [0.3, 0.4) is 0 Å². The Labute approximate surface area is 120 Å². The summed E-state index contributed by atoms with van der Waals surface area (Å²) in [5.74, 6) is 0. The fourth-order valence-electron chi connectivity index (χ4n) is 2.15. The number of piperazine rings is 1. The van der Waals surface area contributed by atoms with Gasteiger partial charge in [0.25, 0.3) is 0 Å². The van der Waals surface area contributed by atoms with E-state index in [-0.39, 0.29) is 0 Å². The summed E-state index contributed by atoms with van der Waals surface area (Å²) in [4.78, 5) is 1.58. The van der Waals surface area contributed by atoms with Crippen molar-refractivity contribution in [1.29, 1.82) is 0 Å². The first-order chi connectivity index (χ1) is 9.24. The second kappa shape index (κ2) is 7.43. The number of benzene rings is 1. The third kappa shape index (κ3) is 5.14. The normalized spacial score (nSPS) is 17.1. The van der Waals surface area contributed by atoms with Gasteiger partial charge in [-0.25, -0.2) is 5.01 Å². The summed E-state index contributed by atoms with van der Waals surface area (Å²) >= 11 is 5.31. The number of quaternary nitrogens is 1. The van der Waals surface area contributed by atoms with Crippen LogP contribution < -0.4 is 15.6 Å². The van der Waals surface area contributed by atoms with Gasteiger partial charge in [-0.3, -0.25) is 5.43 Å². The summed E-state index contributed by atoms with van der Waals surface area (Å²) in [6.45, 7) is 5.30. The molecule has 1 aliphatic heterocycles. The zero-order chi connectivity index (χ0) is 13.5. The molecule has 0 amide bonds. The Balaban J connectivity index is 1.62. The van der Waals surface area contributed by atoms with Gasteiger partial charge in [0.15, 0.2) is 5.11 Å². The third-order valence-electron chi connectivity index (χ3n) is 3.42. The van der Waals surface area contributed by atoms with Crippen molar-refractivity contribution in [3.8, 4) is 0 Å². The van der Waals surface area contributed by atoms with E-state index in [4.69, 9.17) is 12.2 Å². The Morgan fingerprint density at radius 3 is 2.63 bits per heavy atom. The summed E-state index contributed by atoms with van der Waals surface area (Å²) in [5, 5.41) is 6.19. The first kappa shape index (κ1) is 14.2. The second-order valence-corrected chi connectivity index (χ2v) is 5.46. The first-order valence-electron chi connectivity index (χ1n) is 6.89. The maximum Gasteiger partial charge on any atom is 0.181 e. The van der Waals surface area contributed by atoms with Crippen molar-refractivity contribution in [1.82, 2.24) is 15.8 Å². The average molecular weight is 279 g/mol. The largest absolute Gasteiger partial charge is 0.361 e. The van der Waals surface area contributed by atoms with Crippen LogP contribution in [0.1, 0.15) is 5.56 Å². The van der Waals surface area contributed by atoms with Crippen LogP contribution in [0.4, 0.5) is 0 Å². The van der Waals surface area contributed by atoms with Gasteiger partial charge in [0.05, 0.1) is 33.2 Å². The van der Waals surface area contributed by atoms with Gasteiger partial charge in [-0.1, -0.05) is 30.3 Å². The van der Waals surface area contributed by atoms with Gasteiger partial charge in [0.1, 0.15) is 0 Å². The van der Waals surface area contributed by atoms with E-state index >= 15 is 0 Å². The van der Waals surface area contributed by atoms with Crippen LogP contribution in [0.15, 0.2) is 30.3 Å². The molecule has 104 valence electrons. The third-order valence-corrected chi connectivity index (χ3v) is 3.65. The van der Waals surface area contributed by atoms with Gasteiger partial charge in [0, 0.05) is 6.54 Å². The van der Waals surface area contributed by atoms with E-state index in [2.05, 4.69) is 47.1 Å². The molecule has 19 heavy (non-hydrogen) atoms. The molecule has 1 fully saturated rings. The van der Waals surface area contributed by atoms with Gasteiger partial charge in [-0.05, 0) is 24.2 Å². The Bertz CT molecular complexity index is 388. The van der Waals surface area contributed by atoms with Crippen LogP contribution in [0.2, 0.25) is 0 Å². The number of nitrogens with one attached hydrogen (secondary N) is 3. The molecule has 1 aromatic rings. The number of hydrazine groups is 1. The molecule has 0 atom stereocenters. The van der Waals surface area contributed by atoms with E-state index in [0.717, 1.165) is 31.2 Å². The molecule has 5 heteroatoms. The summed E-state index contributed by atoms with van der Waals surface area (Å²) in [7, 11) is 2.23. The van der Waals surface area contributed by atoms with E-state index in [0.29, 0.717) is 0 Å². The lowest BCUT2D eigenvalue weighted by Crippen LogP contribution is -3.12. The summed E-state index contributed by atoms with van der Waals surface area (Å²) in [6.07, 6.45) is 0.996. The Morgan fingerprint density at radius 1 is 1.26 bits per heavy atom. The molecular formula is C14H23N4S+. The quantitative estimate of drug-likeness (QED) is 0.645. The Kier molecular flexibility index (Phi) is 5.57. The molecule has 0 saturated carbocycles. The summed E-state index contributed by atoms with van der Waals surface area (Å²) in [5.41, 5.74) is 4.60. The summed E-state index contributed by atoms with van der Waals surface area (Å²) in [6, 6.07) is 10.5. The maximum absolute atomic E-state index is 5.31. The minimum absolute atomic E-state index is 0.732. The molecular weight excluding hydrogens is 256 g/mol. The molecule has 3 N–H and O–H groups in total. The van der Waals surface area contributed by atoms with Crippen molar-refractivity contribution in [3.05, 3.63) is 35.9 Å². The number of hydrogen-bond acceptors (Lipinski definition) is 2. The van der Waals surface area contributed by atoms with Gasteiger partial charge in [-0.2, -0.15) is 0 Å². The molecule has 0 bridgehead atoms. The lowest BCUT2D eigenvalue weighted by atomic mass is 10.1. The molecule has 1 heterocycles. The molecule has 4 nitrogen and oxygen atoms in total. The highest BCUT2D eigenvalue weighted by Gasteiger charge is 2.16. The van der Waals surface area contributed by atoms with Gasteiger partial charge >= 0.3 is 0 Å². The van der Waals surface area contributed by atoms with Crippen LogP contribution in [0, 0.1) is 0 Å². The molecule has 1 aromatic carbocycles. The molecule has 1 aliphatic rings. The van der Waals surface area contributed by atoms with E-state index in [1.807, 2.05) is 6.07 Å². The van der Waals surface area contributed by atoms with Crippen molar-refractivity contribution in [3.63, 3.8) is 0 Å². The Hall–Kier alpha value is -1.17. The molecule has 1 saturated heterocycles. The standard InChI is InChI=1S/C14H22N4S/c1-17-9-11-18(12-10-17)16-14(19)15-8-7-13-5-3-2-4-6-13/h2-6H,7-12H2,1H3,(H2,15,16,19)/p+1. The number of rotatable bonds is 4. The lowest BCUT2D eigenvalue weighted by Gasteiger charge is -2.31. The second-order valence-electron chi connectivity index (χ2n) is 5.05. The average Bonchev–Trinajstić information content (AvgIpc) is 2.43. The van der Waals surface area contributed by atoms with Crippen molar-refractivity contribution < 1.29 is 4.90 Å². The molecule has 0 aliphatic carbocycles. The zero-order valence-electron chi connectivity index (χ0n) is 11.5. The highest BCUT2D eigenvalue weighted by atomic mass is 32.1. The van der Waals surface area contributed by atoms with Crippen LogP contribution in [0.5, 0.6) is 0 Å². The number of likely N-dealkylation sites (N-methyl/N-ethyl adjacent to an activating group) is 1. The smallest absolute Gasteiger partial charge is 0.181 e. The molecule has 0 radical (unpaired) electrons. The fourth-order valence-corrected chi connectivity index (χ4v) is 2.38. The predicted molar refractivity (Wildman–Crippen MR) is 82.1 cm³/mol. The van der Waals surface area contributed by atoms with E-state index in [9.17, 15) is 0 Å². The van der Waals surface area contributed by atoms with Crippen LogP contribution in [-0.4, -0.2) is 49.9 Å². The fraction of sp³-hybridized carbons (Fsp3) is 0.500. The topological polar surface area (TPSA) is 31.7 Å². The van der Waals surface area contributed by atoms with Gasteiger partial charge < -0.3 is 10.2 Å². The number of hydrogen-bond donors (Lipinski definition) is 3. The zero-order valence-corrected chi connectivity index (χ0v) is 12.3. The molecule has 0 spiro atoms. The predicted octanol–water partition coefficient (Wildman–Crippen LogP) is -0.561. The molecule has 0 aromatic heterocycles. The van der Waals surface area contributed by atoms with Gasteiger partial charge in [-0.15, -0.1) is 0 Å². The molecule has 2 rings (SSSR count). The minimum Gasteiger partial charge on any atom is -0.361 e. The first-order valence-corrected chi connectivity index (χ1v) is 7.29. The van der Waals surface area contributed by atoms with Crippen LogP contribution >= 0.6 is 12.2 Å². The van der Waals surface area contributed by atoms with Gasteiger partial charge in [0.2, 0.25) is 0 Å². The minimum atomic E-state index is 0.732. The maximum atomic E-state index is 5.31. The van der Waals surface area contributed by atoms with Crippen molar-refractivity contribution in [2.75, 3.05) is 39.8 Å². The highest BCUT2D eigenvalue weighted by Crippen LogP contribution is 1.98.